The number of anilines is 1. The van der Waals surface area contributed by atoms with Gasteiger partial charge in [0.25, 0.3) is 5.91 Å². The Morgan fingerprint density at radius 2 is 1.69 bits per heavy atom. The number of amides is 3. The molecule has 2 saturated heterocycles. The number of halogens is 2. The number of benzene rings is 2. The molecular weight excluding hydrogens is 483 g/mol. The molecule has 6 nitrogen and oxygen atoms in total. The van der Waals surface area contributed by atoms with Gasteiger partial charge in [0.2, 0.25) is 0 Å². The predicted molar refractivity (Wildman–Crippen MR) is 137 cm³/mol. The molecule has 3 aliphatic rings. The summed E-state index contributed by atoms with van der Waals surface area (Å²) in [6, 6.07) is 13.9. The summed E-state index contributed by atoms with van der Waals surface area (Å²) in [7, 11) is 1.72. The molecule has 2 heterocycles. The van der Waals surface area contributed by atoms with Gasteiger partial charge in [-0.05, 0) is 54.7 Å². The zero-order chi connectivity index (χ0) is 24.7. The number of carbonyl (C=O) groups excluding carboxylic acids is 2. The van der Waals surface area contributed by atoms with Crippen molar-refractivity contribution in [3.8, 4) is 6.07 Å². The van der Waals surface area contributed by atoms with Crippen LogP contribution in [0.5, 0.6) is 0 Å². The smallest absolute Gasteiger partial charge is 0.310 e. The molecule has 3 fully saturated rings. The minimum absolute atomic E-state index is 0.222. The molecule has 2 atom stereocenters. The van der Waals surface area contributed by atoms with E-state index in [0.717, 1.165) is 12.1 Å². The van der Waals surface area contributed by atoms with Crippen LogP contribution in [0.2, 0.25) is 10.0 Å². The standard InChI is InChI=1S/C27H28Cl2N4O2/c1-31-26(35)33(23-12-21(28)11-22(29)13-23)25(34)27(31)17-32(15-19-5-3-2-4-6-19)16-24(27)20-9-7-18(14-30)8-10-20/h7-13,19,24H,2-6,15-17H2,1H3. The number of nitriles is 1. The normalized spacial score (nSPS) is 25.6. The lowest BCUT2D eigenvalue weighted by Crippen LogP contribution is -2.53. The third-order valence-corrected chi connectivity index (χ3v) is 8.36. The van der Waals surface area contributed by atoms with E-state index < -0.39 is 5.54 Å². The average Bonchev–Trinajstić information content (AvgIpc) is 3.31. The Morgan fingerprint density at radius 3 is 2.31 bits per heavy atom. The van der Waals surface area contributed by atoms with E-state index in [-0.39, 0.29) is 17.9 Å². The monoisotopic (exact) mass is 510 g/mol. The summed E-state index contributed by atoms with van der Waals surface area (Å²) in [5.74, 6) is 0.129. The van der Waals surface area contributed by atoms with Gasteiger partial charge in [-0.1, -0.05) is 54.6 Å². The topological polar surface area (TPSA) is 67.7 Å². The molecule has 35 heavy (non-hydrogen) atoms. The highest BCUT2D eigenvalue weighted by Crippen LogP contribution is 2.47. The summed E-state index contributed by atoms with van der Waals surface area (Å²) in [6.45, 7) is 2.07. The van der Waals surface area contributed by atoms with Crippen LogP contribution >= 0.6 is 23.2 Å². The first-order valence-corrected chi connectivity index (χ1v) is 12.9. The molecule has 8 heteroatoms. The summed E-state index contributed by atoms with van der Waals surface area (Å²) in [5, 5.41) is 9.99. The van der Waals surface area contributed by atoms with Gasteiger partial charge in [0.1, 0.15) is 5.54 Å². The van der Waals surface area contributed by atoms with E-state index in [2.05, 4.69) is 11.0 Å². The van der Waals surface area contributed by atoms with Crippen LogP contribution < -0.4 is 4.90 Å². The predicted octanol–water partition coefficient (Wildman–Crippen LogP) is 5.68. The minimum atomic E-state index is -1.05. The molecule has 2 aromatic carbocycles. The lowest BCUT2D eigenvalue weighted by atomic mass is 9.80. The molecule has 2 unspecified atom stereocenters. The van der Waals surface area contributed by atoms with Crippen molar-refractivity contribution in [2.24, 2.45) is 5.92 Å². The fourth-order valence-corrected chi connectivity index (χ4v) is 6.68. The number of hydrogen-bond donors (Lipinski definition) is 0. The lowest BCUT2D eigenvalue weighted by Gasteiger charge is -2.34. The van der Waals surface area contributed by atoms with E-state index >= 15 is 0 Å². The van der Waals surface area contributed by atoms with E-state index in [4.69, 9.17) is 23.2 Å². The first-order chi connectivity index (χ1) is 16.8. The highest BCUT2D eigenvalue weighted by molar-refractivity contribution is 6.35. The van der Waals surface area contributed by atoms with E-state index in [1.165, 1.54) is 37.0 Å². The highest BCUT2D eigenvalue weighted by atomic mass is 35.5. The summed E-state index contributed by atoms with van der Waals surface area (Å²) in [6.07, 6.45) is 6.22. The summed E-state index contributed by atoms with van der Waals surface area (Å²) < 4.78 is 0. The average molecular weight is 511 g/mol. The fourth-order valence-electron chi connectivity index (χ4n) is 6.17. The number of imide groups is 1. The fraction of sp³-hybridized carbons (Fsp3) is 0.444. The molecular formula is C27H28Cl2N4O2. The number of carbonyl (C=O) groups is 2. The maximum Gasteiger partial charge on any atom is 0.332 e. The highest BCUT2D eigenvalue weighted by Gasteiger charge is 2.64. The van der Waals surface area contributed by atoms with Crippen LogP contribution in [-0.2, 0) is 4.79 Å². The van der Waals surface area contributed by atoms with Crippen LogP contribution in [0.3, 0.4) is 0 Å². The molecule has 1 saturated carbocycles. The molecule has 0 N–H and O–H groups in total. The molecule has 182 valence electrons. The van der Waals surface area contributed by atoms with Crippen LogP contribution in [0.25, 0.3) is 0 Å². The summed E-state index contributed by atoms with van der Waals surface area (Å²) >= 11 is 12.4. The van der Waals surface area contributed by atoms with Crippen LogP contribution in [-0.4, -0.2) is 54.0 Å². The van der Waals surface area contributed by atoms with Gasteiger partial charge in [-0.15, -0.1) is 0 Å². The number of urea groups is 1. The van der Waals surface area contributed by atoms with Crippen molar-refractivity contribution in [1.82, 2.24) is 9.80 Å². The van der Waals surface area contributed by atoms with Gasteiger partial charge in [0, 0.05) is 42.6 Å². The number of likely N-dealkylation sites (tertiary alicyclic amines) is 1. The first-order valence-electron chi connectivity index (χ1n) is 12.1. The van der Waals surface area contributed by atoms with Crippen molar-refractivity contribution in [2.45, 2.75) is 43.6 Å². The van der Waals surface area contributed by atoms with Crippen LogP contribution in [0.15, 0.2) is 42.5 Å². The molecule has 0 aromatic heterocycles. The Morgan fingerprint density at radius 1 is 1.03 bits per heavy atom. The van der Waals surface area contributed by atoms with Gasteiger partial charge in [-0.25, -0.2) is 9.69 Å². The van der Waals surface area contributed by atoms with E-state index in [1.807, 2.05) is 12.1 Å². The van der Waals surface area contributed by atoms with E-state index in [0.29, 0.717) is 40.3 Å². The number of likely N-dealkylation sites (N-methyl/N-ethyl adjacent to an activating group) is 1. The van der Waals surface area contributed by atoms with Gasteiger partial charge in [0.05, 0.1) is 17.3 Å². The van der Waals surface area contributed by atoms with Gasteiger partial charge >= 0.3 is 6.03 Å². The third-order valence-electron chi connectivity index (χ3n) is 7.92. The molecule has 3 amide bonds. The first kappa shape index (κ1) is 24.1. The van der Waals surface area contributed by atoms with Gasteiger partial charge < -0.3 is 4.90 Å². The molecule has 5 rings (SSSR count). The van der Waals surface area contributed by atoms with Crippen molar-refractivity contribution in [3.63, 3.8) is 0 Å². The van der Waals surface area contributed by atoms with E-state index in [1.54, 1.807) is 42.3 Å². The molecule has 1 aliphatic carbocycles. The Bertz CT molecular complexity index is 1170. The number of nitrogens with zero attached hydrogens (tertiary/aromatic N) is 4. The lowest BCUT2D eigenvalue weighted by molar-refractivity contribution is -0.124. The second-order valence-corrected chi connectivity index (χ2v) is 10.9. The van der Waals surface area contributed by atoms with E-state index in [9.17, 15) is 14.9 Å². The SMILES string of the molecule is CN1C(=O)N(c2cc(Cl)cc(Cl)c2)C(=O)C12CN(CC1CCCCC1)CC2c1ccc(C#N)cc1. The Balaban J connectivity index is 1.54. The number of hydrogen-bond acceptors (Lipinski definition) is 4. The zero-order valence-electron chi connectivity index (χ0n) is 19.7. The largest absolute Gasteiger partial charge is 0.332 e. The van der Waals surface area contributed by atoms with Crippen LogP contribution in [0.1, 0.15) is 49.1 Å². The third kappa shape index (κ3) is 4.20. The van der Waals surface area contributed by atoms with Crippen molar-refractivity contribution < 1.29 is 9.59 Å². The molecule has 0 radical (unpaired) electrons. The van der Waals surface area contributed by atoms with Crippen molar-refractivity contribution in [2.75, 3.05) is 31.6 Å². The summed E-state index contributed by atoms with van der Waals surface area (Å²) in [4.78, 5) is 33.0. The van der Waals surface area contributed by atoms with Crippen molar-refractivity contribution >= 4 is 40.8 Å². The van der Waals surface area contributed by atoms with Crippen LogP contribution in [0.4, 0.5) is 10.5 Å². The van der Waals surface area contributed by atoms with Crippen molar-refractivity contribution in [3.05, 3.63) is 63.6 Å². The Hall–Kier alpha value is -2.59. The zero-order valence-corrected chi connectivity index (χ0v) is 21.2. The van der Waals surface area contributed by atoms with Gasteiger partial charge in [0.15, 0.2) is 0 Å². The summed E-state index contributed by atoms with van der Waals surface area (Å²) in [5.41, 5.74) is 0.853. The van der Waals surface area contributed by atoms with Crippen LogP contribution in [0, 0.1) is 17.2 Å². The Kier molecular flexibility index (Phi) is 6.52. The van der Waals surface area contributed by atoms with Gasteiger partial charge in [-0.3, -0.25) is 9.69 Å². The van der Waals surface area contributed by atoms with Gasteiger partial charge in [-0.2, -0.15) is 5.26 Å². The maximum absolute atomic E-state index is 14.2. The molecule has 0 bridgehead atoms. The quantitative estimate of drug-likeness (QED) is 0.496. The second-order valence-electron chi connectivity index (χ2n) is 10.0. The maximum atomic E-state index is 14.2. The minimum Gasteiger partial charge on any atom is -0.310 e. The molecule has 2 aliphatic heterocycles. The second kappa shape index (κ2) is 9.46. The molecule has 1 spiro atoms. The van der Waals surface area contributed by atoms with Crippen molar-refractivity contribution in [1.29, 1.82) is 5.26 Å². The number of rotatable bonds is 4. The molecule has 2 aromatic rings. The Labute approximate surface area is 216 Å².